The first-order chi connectivity index (χ1) is 15.6. The number of methoxy groups -OCH3 is 1. The van der Waals surface area contributed by atoms with E-state index in [2.05, 4.69) is 67.6 Å². The zero-order valence-corrected chi connectivity index (χ0v) is 24.7. The highest BCUT2D eigenvalue weighted by Gasteiger charge is 2.58. The number of hydrogen-bond donors (Lipinski definition) is 0. The van der Waals surface area contributed by atoms with E-state index < -0.39 is 8.32 Å². The molecule has 0 aromatic rings. The number of esters is 1. The molecule has 4 aliphatic carbocycles. The predicted molar refractivity (Wildman–Crippen MR) is 143 cm³/mol. The second-order valence-corrected chi connectivity index (χ2v) is 19.2. The first kappa shape index (κ1) is 26.2. The van der Waals surface area contributed by atoms with Gasteiger partial charge in [0.25, 0.3) is 0 Å². The standard InChI is InChI=1S/C30H50O3Si/c1-27(2,3)34(9,10)33-25-16-18-30(7)23-15-17-29(6)20(19-26(31)32-8)11-13-22(29)21(23)12-14-24(30)28(25,4)5/h13,20,24-25H,11-12,14-19H2,1-10H3/t20-,24?,25+,29-,30-/m1/s1. The minimum Gasteiger partial charge on any atom is -0.469 e. The molecule has 1 saturated carbocycles. The summed E-state index contributed by atoms with van der Waals surface area (Å²) in [7, 11) is -0.289. The lowest BCUT2D eigenvalue weighted by Gasteiger charge is -2.61. The topological polar surface area (TPSA) is 35.5 Å². The van der Waals surface area contributed by atoms with E-state index in [0.717, 1.165) is 6.42 Å². The molecule has 192 valence electrons. The van der Waals surface area contributed by atoms with Gasteiger partial charge in [-0.25, -0.2) is 0 Å². The maximum atomic E-state index is 12.1. The minimum absolute atomic E-state index is 0.0573. The number of carbonyl (C=O) groups excluding carboxylic acids is 1. The summed E-state index contributed by atoms with van der Waals surface area (Å²) < 4.78 is 12.1. The molecule has 0 radical (unpaired) electrons. The average Bonchev–Trinajstić information content (AvgIpc) is 3.05. The fourth-order valence-corrected chi connectivity index (χ4v) is 9.58. The summed E-state index contributed by atoms with van der Waals surface area (Å²) in [5, 5.41) is 0.246. The molecule has 0 saturated heterocycles. The van der Waals surface area contributed by atoms with Crippen LogP contribution in [-0.2, 0) is 14.0 Å². The molecule has 0 spiro atoms. The van der Waals surface area contributed by atoms with Crippen molar-refractivity contribution >= 4 is 14.3 Å². The van der Waals surface area contributed by atoms with Crippen molar-refractivity contribution in [3.63, 3.8) is 0 Å². The van der Waals surface area contributed by atoms with Crippen LogP contribution in [0.3, 0.4) is 0 Å². The SMILES string of the molecule is COC(=O)C[C@H]1CC=C2C3=C(CC[C@@]21C)[C@@]1(C)CC[C@H](O[Si](C)(C)C(C)(C)C)C(C)(C)C1CC3. The molecule has 5 atom stereocenters. The van der Waals surface area contributed by atoms with Crippen LogP contribution in [0.1, 0.15) is 99.8 Å². The fraction of sp³-hybridized carbons (Fsp3) is 0.833. The number of hydrogen-bond acceptors (Lipinski definition) is 3. The Kier molecular flexibility index (Phi) is 6.42. The molecular formula is C30H50O3Si. The van der Waals surface area contributed by atoms with Crippen LogP contribution < -0.4 is 0 Å². The van der Waals surface area contributed by atoms with E-state index >= 15 is 0 Å². The van der Waals surface area contributed by atoms with Gasteiger partial charge in [-0.15, -0.1) is 0 Å². The summed E-state index contributed by atoms with van der Waals surface area (Å²) >= 11 is 0. The van der Waals surface area contributed by atoms with Gasteiger partial charge in [0, 0.05) is 6.42 Å². The molecule has 0 heterocycles. The van der Waals surface area contributed by atoms with Crippen LogP contribution in [0.5, 0.6) is 0 Å². The number of allylic oxidation sites excluding steroid dienone is 4. The quantitative estimate of drug-likeness (QED) is 0.296. The highest BCUT2D eigenvalue weighted by Crippen LogP contribution is 2.66. The number of fused-ring (bicyclic) bond motifs is 4. The predicted octanol–water partition coefficient (Wildman–Crippen LogP) is 8.22. The van der Waals surface area contributed by atoms with Gasteiger partial charge in [0.05, 0.1) is 13.2 Å². The van der Waals surface area contributed by atoms with Gasteiger partial charge in [0.2, 0.25) is 0 Å². The van der Waals surface area contributed by atoms with E-state index in [1.807, 2.05) is 0 Å². The van der Waals surface area contributed by atoms with E-state index in [9.17, 15) is 4.79 Å². The third-order valence-corrected chi connectivity index (χ3v) is 15.9. The zero-order chi connectivity index (χ0) is 25.3. The molecule has 4 rings (SSSR count). The Morgan fingerprint density at radius 1 is 1.06 bits per heavy atom. The molecule has 0 aromatic carbocycles. The van der Waals surface area contributed by atoms with Crippen molar-refractivity contribution in [2.45, 2.75) is 124 Å². The summed E-state index contributed by atoms with van der Waals surface area (Å²) in [5.74, 6) is 0.998. The van der Waals surface area contributed by atoms with Crippen molar-refractivity contribution < 1.29 is 14.0 Å². The fourth-order valence-electron chi connectivity index (χ4n) is 8.09. The van der Waals surface area contributed by atoms with E-state index in [0.29, 0.717) is 24.4 Å². The molecule has 1 fully saturated rings. The van der Waals surface area contributed by atoms with E-state index in [1.54, 1.807) is 16.7 Å². The van der Waals surface area contributed by atoms with Crippen LogP contribution in [-0.4, -0.2) is 27.5 Å². The van der Waals surface area contributed by atoms with E-state index in [4.69, 9.17) is 9.16 Å². The normalized spacial score (nSPS) is 37.5. The number of rotatable bonds is 4. The van der Waals surface area contributed by atoms with Gasteiger partial charge < -0.3 is 9.16 Å². The Bertz CT molecular complexity index is 905. The maximum Gasteiger partial charge on any atom is 0.305 e. The van der Waals surface area contributed by atoms with Crippen molar-refractivity contribution in [2.75, 3.05) is 7.11 Å². The van der Waals surface area contributed by atoms with Crippen molar-refractivity contribution in [3.8, 4) is 0 Å². The molecule has 4 heteroatoms. The van der Waals surface area contributed by atoms with Gasteiger partial charge in [0.15, 0.2) is 8.32 Å². The van der Waals surface area contributed by atoms with Gasteiger partial charge in [-0.05, 0) is 102 Å². The van der Waals surface area contributed by atoms with E-state index in [1.165, 1.54) is 45.6 Å². The Balaban J connectivity index is 1.62. The second-order valence-electron chi connectivity index (χ2n) is 14.4. The molecule has 0 aromatic heterocycles. The molecule has 0 amide bonds. The number of ether oxygens (including phenoxy) is 1. The Hall–Kier alpha value is -0.873. The summed E-state index contributed by atoms with van der Waals surface area (Å²) in [4.78, 5) is 12.1. The number of carbonyl (C=O) groups is 1. The molecule has 0 N–H and O–H groups in total. The lowest BCUT2D eigenvalue weighted by atomic mass is 9.46. The van der Waals surface area contributed by atoms with Gasteiger partial charge in [-0.2, -0.15) is 0 Å². The van der Waals surface area contributed by atoms with Gasteiger partial charge in [0.1, 0.15) is 0 Å². The van der Waals surface area contributed by atoms with Crippen LogP contribution in [0.4, 0.5) is 0 Å². The molecule has 3 nitrogen and oxygen atoms in total. The summed E-state index contributed by atoms with van der Waals surface area (Å²) in [6, 6.07) is 0. The molecule has 0 aliphatic heterocycles. The lowest BCUT2D eigenvalue weighted by molar-refractivity contribution is -0.142. The Morgan fingerprint density at radius 3 is 2.35 bits per heavy atom. The molecule has 1 unspecified atom stereocenters. The van der Waals surface area contributed by atoms with Crippen LogP contribution in [0.2, 0.25) is 18.1 Å². The van der Waals surface area contributed by atoms with Crippen molar-refractivity contribution in [1.82, 2.24) is 0 Å². The third-order valence-electron chi connectivity index (χ3n) is 11.4. The van der Waals surface area contributed by atoms with Crippen LogP contribution >= 0.6 is 0 Å². The summed E-state index contributed by atoms with van der Waals surface area (Å²) in [6.07, 6.45) is 11.7. The maximum absolute atomic E-state index is 12.1. The Morgan fingerprint density at radius 2 is 1.74 bits per heavy atom. The smallest absolute Gasteiger partial charge is 0.305 e. The van der Waals surface area contributed by atoms with Crippen molar-refractivity contribution in [3.05, 3.63) is 22.8 Å². The van der Waals surface area contributed by atoms with Gasteiger partial charge in [-0.3, -0.25) is 4.79 Å². The highest BCUT2D eigenvalue weighted by molar-refractivity contribution is 6.74. The van der Waals surface area contributed by atoms with Crippen LogP contribution in [0.15, 0.2) is 22.8 Å². The second kappa shape index (κ2) is 8.33. The van der Waals surface area contributed by atoms with Gasteiger partial charge in [-0.1, -0.05) is 60.1 Å². The summed E-state index contributed by atoms with van der Waals surface area (Å²) in [5.41, 5.74) is 5.59. The largest absolute Gasteiger partial charge is 0.469 e. The zero-order valence-electron chi connectivity index (χ0n) is 23.7. The molecule has 0 bridgehead atoms. The van der Waals surface area contributed by atoms with Gasteiger partial charge >= 0.3 is 5.97 Å². The lowest BCUT2D eigenvalue weighted by Crippen LogP contribution is -2.57. The van der Waals surface area contributed by atoms with Crippen molar-refractivity contribution in [2.24, 2.45) is 28.1 Å². The van der Waals surface area contributed by atoms with Crippen LogP contribution in [0.25, 0.3) is 0 Å². The van der Waals surface area contributed by atoms with Crippen LogP contribution in [0, 0.1) is 28.1 Å². The molecule has 4 aliphatic rings. The highest BCUT2D eigenvalue weighted by atomic mass is 28.4. The van der Waals surface area contributed by atoms with E-state index in [-0.39, 0.29) is 27.3 Å². The minimum atomic E-state index is -1.81. The third kappa shape index (κ3) is 3.90. The summed E-state index contributed by atoms with van der Waals surface area (Å²) in [6.45, 7) is 21.9. The van der Waals surface area contributed by atoms with Crippen molar-refractivity contribution in [1.29, 1.82) is 0 Å². The first-order valence-electron chi connectivity index (χ1n) is 13.8. The average molecular weight is 487 g/mol. The monoisotopic (exact) mass is 486 g/mol. The first-order valence-corrected chi connectivity index (χ1v) is 16.7. The molecule has 34 heavy (non-hydrogen) atoms. The molecular weight excluding hydrogens is 436 g/mol. The Labute approximate surface area is 210 Å².